The molecule has 4 atom stereocenters. The van der Waals surface area contributed by atoms with Gasteiger partial charge in [0.1, 0.15) is 23.7 Å². The second-order valence-electron chi connectivity index (χ2n) is 18.9. The van der Waals surface area contributed by atoms with Gasteiger partial charge in [-0.1, -0.05) is 103 Å². The Bertz CT molecular complexity index is 2590. The molecule has 0 spiro atoms. The van der Waals surface area contributed by atoms with Crippen LogP contribution in [-0.4, -0.2) is 93.1 Å². The molecule has 4 N–H and O–H groups in total. The highest BCUT2D eigenvalue weighted by Gasteiger charge is 2.39. The molecule has 14 nitrogen and oxygen atoms in total. The molecule has 4 amide bonds. The van der Waals surface area contributed by atoms with Gasteiger partial charge in [0.25, 0.3) is 0 Å². The van der Waals surface area contributed by atoms with E-state index in [1.807, 2.05) is 75.2 Å². The summed E-state index contributed by atoms with van der Waals surface area (Å²) in [6.45, 7) is 15.4. The van der Waals surface area contributed by atoms with Crippen LogP contribution in [0, 0.1) is 23.7 Å². The van der Waals surface area contributed by atoms with Gasteiger partial charge >= 0.3 is 12.2 Å². The maximum Gasteiger partial charge on any atom is 0.407 e. The molecule has 346 valence electrons. The van der Waals surface area contributed by atoms with Crippen LogP contribution in [0.4, 0.5) is 9.59 Å². The lowest BCUT2D eigenvalue weighted by molar-refractivity contribution is -0.136. The molecule has 2 saturated heterocycles. The number of rotatable bonds is 11. The van der Waals surface area contributed by atoms with Crippen molar-refractivity contribution < 1.29 is 28.7 Å². The first kappa shape index (κ1) is 47.1. The van der Waals surface area contributed by atoms with Gasteiger partial charge in [-0.15, -0.1) is 0 Å². The van der Waals surface area contributed by atoms with E-state index in [1.165, 1.54) is 19.8 Å². The molecule has 2 aromatic heterocycles. The summed E-state index contributed by atoms with van der Waals surface area (Å²) in [6, 6.07) is 21.0. The van der Waals surface area contributed by atoms with Gasteiger partial charge < -0.3 is 39.9 Å². The zero-order chi connectivity index (χ0) is 47.3. The minimum atomic E-state index is -0.715. The Labute approximate surface area is 387 Å². The number of H-pyrrole nitrogens is 2. The van der Waals surface area contributed by atoms with Crippen LogP contribution in [0.3, 0.4) is 0 Å². The van der Waals surface area contributed by atoms with Crippen molar-refractivity contribution in [1.82, 2.24) is 40.4 Å². The third-order valence-corrected chi connectivity index (χ3v) is 12.6. The highest BCUT2D eigenvalue weighted by atomic mass is 16.5. The molecule has 0 bridgehead atoms. The molecule has 14 heteroatoms. The normalized spacial score (nSPS) is 17.0. The smallest absolute Gasteiger partial charge is 0.407 e. The average molecular weight is 895 g/mol. The van der Waals surface area contributed by atoms with Crippen LogP contribution in [0.15, 0.2) is 79.1 Å². The number of amides is 4. The first-order chi connectivity index (χ1) is 31.6. The van der Waals surface area contributed by atoms with Crippen molar-refractivity contribution in [2.45, 2.75) is 104 Å². The summed E-state index contributed by atoms with van der Waals surface area (Å²) in [4.78, 5) is 71.6. The van der Waals surface area contributed by atoms with E-state index in [0.29, 0.717) is 24.7 Å². The van der Waals surface area contributed by atoms with Crippen molar-refractivity contribution >= 4 is 24.0 Å². The Hall–Kier alpha value is -6.88. The van der Waals surface area contributed by atoms with Crippen LogP contribution >= 0.6 is 0 Å². The number of aromatic amines is 2. The number of nitrogens with one attached hydrogen (secondary N) is 4. The Balaban J connectivity index is 1.12. The van der Waals surface area contributed by atoms with Crippen LogP contribution in [0.5, 0.6) is 0 Å². The maximum absolute atomic E-state index is 13.8. The predicted octanol–water partition coefficient (Wildman–Crippen LogP) is 8.92. The zero-order valence-corrected chi connectivity index (χ0v) is 39.5. The number of benzene rings is 3. The van der Waals surface area contributed by atoms with E-state index in [4.69, 9.17) is 19.4 Å². The minimum absolute atomic E-state index is 0.00317. The van der Waals surface area contributed by atoms with E-state index in [1.54, 1.807) is 11.1 Å². The highest BCUT2D eigenvalue weighted by molar-refractivity contribution is 5.87. The number of imidazole rings is 2. The Kier molecular flexibility index (Phi) is 14.3. The summed E-state index contributed by atoms with van der Waals surface area (Å²) < 4.78 is 9.59. The second-order valence-corrected chi connectivity index (χ2v) is 18.9. The van der Waals surface area contributed by atoms with Crippen LogP contribution in [-0.2, 0) is 24.5 Å². The Morgan fingerprint density at radius 1 is 0.667 bits per heavy atom. The number of ether oxygens (including phenoxy) is 2. The molecule has 3 aromatic carbocycles. The largest absolute Gasteiger partial charge is 0.453 e. The summed E-state index contributed by atoms with van der Waals surface area (Å²) in [6.07, 6.45) is 5.53. The fraction of sp³-hybridized carbons (Fsp3) is 0.423. The van der Waals surface area contributed by atoms with Crippen LogP contribution < -0.4 is 10.6 Å². The minimum Gasteiger partial charge on any atom is -0.453 e. The maximum atomic E-state index is 13.8. The third kappa shape index (κ3) is 10.5. The van der Waals surface area contributed by atoms with Crippen molar-refractivity contribution in [2.24, 2.45) is 11.8 Å². The van der Waals surface area contributed by atoms with Gasteiger partial charge in [0, 0.05) is 29.8 Å². The van der Waals surface area contributed by atoms with E-state index >= 15 is 0 Å². The lowest BCUT2D eigenvalue weighted by atomic mass is 9.85. The molecule has 0 aliphatic carbocycles. The summed E-state index contributed by atoms with van der Waals surface area (Å²) in [7, 11) is 2.58. The number of carbonyl (C=O) groups excluding carboxylic acids is 4. The van der Waals surface area contributed by atoms with Crippen molar-refractivity contribution in [3.05, 3.63) is 107 Å². The standard InChI is InChI=1S/C52H62N8O6/c1-31(2)44(57-50(63)65-8)48(61)59-26-10-12-42(59)46-53-29-40(55-46)36-18-15-33(16-19-36)14-17-34-20-21-37(28-39(34)35-22-24-38(25-23-35)52(5,6)7)41-30-54-47(56-41)43-13-11-27-60(43)49(62)45(32(3)4)58-51(64)66-9/h15-16,18-25,28-32,42-45H,10-13,26-27H2,1-9H3,(H,53,55)(H,54,56)(H,57,63)(H,58,64). The highest BCUT2D eigenvalue weighted by Crippen LogP contribution is 2.36. The Morgan fingerprint density at radius 3 is 1.61 bits per heavy atom. The molecule has 4 heterocycles. The number of hydrogen-bond acceptors (Lipinski definition) is 8. The summed E-state index contributed by atoms with van der Waals surface area (Å²) in [5.74, 6) is 7.70. The molecule has 2 aliphatic rings. The van der Waals surface area contributed by atoms with Gasteiger partial charge in [-0.05, 0) is 89.5 Å². The van der Waals surface area contributed by atoms with Crippen LogP contribution in [0.1, 0.15) is 115 Å². The van der Waals surface area contributed by atoms with Gasteiger partial charge in [-0.25, -0.2) is 19.6 Å². The van der Waals surface area contributed by atoms with E-state index in [2.05, 4.69) is 83.5 Å². The summed E-state index contributed by atoms with van der Waals surface area (Å²) in [5.41, 5.74) is 8.48. The Morgan fingerprint density at radius 2 is 1.14 bits per heavy atom. The van der Waals surface area contributed by atoms with E-state index in [-0.39, 0.29) is 41.1 Å². The number of carbonyl (C=O) groups is 4. The molecule has 66 heavy (non-hydrogen) atoms. The molecule has 2 aliphatic heterocycles. The first-order valence-electron chi connectivity index (χ1n) is 22.8. The zero-order valence-electron chi connectivity index (χ0n) is 39.5. The molecule has 5 aromatic rings. The molecule has 7 rings (SSSR count). The first-order valence-corrected chi connectivity index (χ1v) is 22.8. The SMILES string of the molecule is COC(=O)NC(C(=O)N1CCCC1c1ncc(-c2ccc(C#Cc3ccc(-c4cnc(C5CCCN5C(=O)C(NC(=O)OC)C(C)C)[nH]4)cc3-c3ccc(C(C)(C)C)cc3)cc2)[nH]1)C(C)C. The quantitative estimate of drug-likeness (QED) is 0.0952. The molecule has 2 fully saturated rings. The van der Waals surface area contributed by atoms with E-state index in [0.717, 1.165) is 70.5 Å². The lowest BCUT2D eigenvalue weighted by Crippen LogP contribution is -2.51. The van der Waals surface area contributed by atoms with E-state index in [9.17, 15) is 19.2 Å². The van der Waals surface area contributed by atoms with Gasteiger partial charge in [0.15, 0.2) is 0 Å². The molecular formula is C52H62N8O6. The van der Waals surface area contributed by atoms with Gasteiger partial charge in [-0.2, -0.15) is 0 Å². The topological polar surface area (TPSA) is 175 Å². The van der Waals surface area contributed by atoms with Crippen molar-refractivity contribution in [1.29, 1.82) is 0 Å². The van der Waals surface area contributed by atoms with Crippen molar-refractivity contribution in [3.63, 3.8) is 0 Å². The second kappa shape index (κ2) is 20.1. The lowest BCUT2D eigenvalue weighted by Gasteiger charge is -2.30. The number of aromatic nitrogens is 4. The molecule has 0 radical (unpaired) electrons. The third-order valence-electron chi connectivity index (χ3n) is 12.6. The number of nitrogens with zero attached hydrogens (tertiary/aromatic N) is 4. The predicted molar refractivity (Wildman–Crippen MR) is 254 cm³/mol. The van der Waals surface area contributed by atoms with Gasteiger partial charge in [0.05, 0.1) is 50.1 Å². The fourth-order valence-electron chi connectivity index (χ4n) is 8.77. The molecule has 0 saturated carbocycles. The molecular weight excluding hydrogens is 833 g/mol. The molecule has 4 unspecified atom stereocenters. The number of likely N-dealkylation sites (tertiary alicyclic amines) is 2. The number of methoxy groups -OCH3 is 2. The van der Waals surface area contributed by atoms with Gasteiger partial charge in [-0.3, -0.25) is 9.59 Å². The number of hydrogen-bond donors (Lipinski definition) is 4. The fourth-order valence-corrected chi connectivity index (χ4v) is 8.77. The van der Waals surface area contributed by atoms with Crippen LogP contribution in [0.25, 0.3) is 33.6 Å². The van der Waals surface area contributed by atoms with Crippen LogP contribution in [0.2, 0.25) is 0 Å². The average Bonchev–Trinajstić information content (AvgIpc) is 4.16. The van der Waals surface area contributed by atoms with Crippen molar-refractivity contribution in [3.8, 4) is 45.5 Å². The van der Waals surface area contributed by atoms with Crippen molar-refractivity contribution in [2.75, 3.05) is 27.3 Å². The monoisotopic (exact) mass is 894 g/mol. The summed E-state index contributed by atoms with van der Waals surface area (Å²) in [5, 5.41) is 5.42. The summed E-state index contributed by atoms with van der Waals surface area (Å²) >= 11 is 0. The number of alkyl carbamates (subject to hydrolysis) is 2. The van der Waals surface area contributed by atoms with E-state index < -0.39 is 24.3 Å². The van der Waals surface area contributed by atoms with Gasteiger partial charge in [0.2, 0.25) is 11.8 Å².